The summed E-state index contributed by atoms with van der Waals surface area (Å²) >= 11 is 12.7. The topological polar surface area (TPSA) is 104 Å². The van der Waals surface area contributed by atoms with Gasteiger partial charge in [0.1, 0.15) is 10.9 Å². The molecule has 11 heteroatoms. The number of benzene rings is 2. The van der Waals surface area contributed by atoms with Crippen LogP contribution < -0.4 is 5.32 Å². The molecule has 1 atom stereocenters. The monoisotopic (exact) mass is 567 g/mol. The van der Waals surface area contributed by atoms with Gasteiger partial charge in [-0.3, -0.25) is 14.4 Å². The third kappa shape index (κ3) is 6.45. The van der Waals surface area contributed by atoms with Crippen LogP contribution in [0.25, 0.3) is 0 Å². The van der Waals surface area contributed by atoms with Crippen molar-refractivity contribution in [1.29, 1.82) is 0 Å². The smallest absolute Gasteiger partial charge is 0.269 e. The van der Waals surface area contributed by atoms with Crippen molar-refractivity contribution in [1.82, 2.24) is 14.5 Å². The number of rotatable bonds is 11. The van der Waals surface area contributed by atoms with Crippen LogP contribution in [0.15, 0.2) is 47.4 Å². The van der Waals surface area contributed by atoms with E-state index in [2.05, 4.69) is 5.32 Å². The highest BCUT2D eigenvalue weighted by Crippen LogP contribution is 2.31. The van der Waals surface area contributed by atoms with Crippen molar-refractivity contribution in [2.75, 3.05) is 13.1 Å². The minimum Gasteiger partial charge on any atom is -0.354 e. The molecule has 3 rings (SSSR count). The Labute approximate surface area is 228 Å². The van der Waals surface area contributed by atoms with Crippen LogP contribution in [-0.2, 0) is 26.2 Å². The highest BCUT2D eigenvalue weighted by Gasteiger charge is 2.40. The maximum atomic E-state index is 13.5. The van der Waals surface area contributed by atoms with Gasteiger partial charge in [0.25, 0.3) is 15.9 Å². The molecule has 0 saturated carbocycles. The van der Waals surface area contributed by atoms with Crippen LogP contribution in [0.3, 0.4) is 0 Å². The molecular formula is C26H31Cl2N3O5S. The lowest BCUT2D eigenvalue weighted by molar-refractivity contribution is -0.141. The van der Waals surface area contributed by atoms with Crippen molar-refractivity contribution in [3.63, 3.8) is 0 Å². The van der Waals surface area contributed by atoms with Gasteiger partial charge < -0.3 is 10.2 Å². The molecule has 1 N–H and O–H groups in total. The summed E-state index contributed by atoms with van der Waals surface area (Å²) in [5.41, 5.74) is 0.638. The fourth-order valence-electron chi connectivity index (χ4n) is 4.17. The van der Waals surface area contributed by atoms with Gasteiger partial charge in [0.2, 0.25) is 11.8 Å². The van der Waals surface area contributed by atoms with E-state index < -0.39 is 22.0 Å². The SMILES string of the molecule is CCC(C(=O)NCC(C)C)N(Cc1c(Cl)cccc1Cl)C(=O)CCCN1C(=O)c2ccccc2S1(=O)=O. The molecule has 0 fully saturated rings. The van der Waals surface area contributed by atoms with Crippen LogP contribution >= 0.6 is 23.2 Å². The summed E-state index contributed by atoms with van der Waals surface area (Å²) in [6, 6.07) is 10.3. The minimum atomic E-state index is -3.96. The summed E-state index contributed by atoms with van der Waals surface area (Å²) in [7, 11) is -3.96. The van der Waals surface area contributed by atoms with E-state index in [-0.39, 0.29) is 54.1 Å². The summed E-state index contributed by atoms with van der Waals surface area (Å²) < 4.78 is 26.4. The number of fused-ring (bicyclic) bond motifs is 1. The van der Waals surface area contributed by atoms with Crippen molar-refractivity contribution < 1.29 is 22.8 Å². The van der Waals surface area contributed by atoms with Crippen molar-refractivity contribution >= 4 is 50.9 Å². The van der Waals surface area contributed by atoms with Crippen molar-refractivity contribution in [2.45, 2.75) is 57.5 Å². The van der Waals surface area contributed by atoms with E-state index in [0.29, 0.717) is 28.6 Å². The molecule has 0 spiro atoms. The Morgan fingerprint density at radius 1 is 1.05 bits per heavy atom. The molecule has 2 aromatic rings. The summed E-state index contributed by atoms with van der Waals surface area (Å²) in [6.45, 7) is 6.07. The molecule has 1 aliphatic rings. The minimum absolute atomic E-state index is 0.0112. The third-order valence-corrected chi connectivity index (χ3v) is 8.67. The van der Waals surface area contributed by atoms with Gasteiger partial charge >= 0.3 is 0 Å². The van der Waals surface area contributed by atoms with E-state index in [4.69, 9.17) is 23.2 Å². The quantitative estimate of drug-likeness (QED) is 0.430. The van der Waals surface area contributed by atoms with Gasteiger partial charge in [-0.2, -0.15) is 0 Å². The van der Waals surface area contributed by atoms with Crippen LogP contribution in [0.4, 0.5) is 0 Å². The van der Waals surface area contributed by atoms with Crippen LogP contribution in [0.1, 0.15) is 56.0 Å². The highest BCUT2D eigenvalue weighted by molar-refractivity contribution is 7.90. The lowest BCUT2D eigenvalue weighted by atomic mass is 10.1. The summed E-state index contributed by atoms with van der Waals surface area (Å²) in [5.74, 6) is -1.04. The average Bonchev–Trinajstić information content (AvgIpc) is 3.04. The van der Waals surface area contributed by atoms with Gasteiger partial charge in [0, 0.05) is 41.7 Å². The number of carbonyl (C=O) groups is 3. The molecule has 8 nitrogen and oxygen atoms in total. The first kappa shape index (κ1) is 28.9. The number of halogens is 2. The molecule has 0 aromatic heterocycles. The van der Waals surface area contributed by atoms with E-state index in [1.54, 1.807) is 37.3 Å². The van der Waals surface area contributed by atoms with E-state index in [1.165, 1.54) is 17.0 Å². The molecule has 1 aliphatic heterocycles. The molecule has 0 radical (unpaired) electrons. The summed E-state index contributed by atoms with van der Waals surface area (Å²) in [6.07, 6.45) is 0.367. The van der Waals surface area contributed by atoms with Crippen molar-refractivity contribution in [3.8, 4) is 0 Å². The number of hydrogen-bond donors (Lipinski definition) is 1. The van der Waals surface area contributed by atoms with Gasteiger partial charge in [0.15, 0.2) is 0 Å². The zero-order chi connectivity index (χ0) is 27.3. The molecule has 1 heterocycles. The van der Waals surface area contributed by atoms with Crippen LogP contribution in [0, 0.1) is 5.92 Å². The number of nitrogens with one attached hydrogen (secondary N) is 1. The maximum Gasteiger partial charge on any atom is 0.269 e. The first-order valence-corrected chi connectivity index (χ1v) is 14.3. The second kappa shape index (κ2) is 12.3. The second-order valence-electron chi connectivity index (χ2n) is 9.27. The van der Waals surface area contributed by atoms with E-state index in [1.807, 2.05) is 13.8 Å². The molecule has 0 aliphatic carbocycles. The molecule has 0 bridgehead atoms. The molecule has 3 amide bonds. The Morgan fingerprint density at radius 2 is 1.70 bits per heavy atom. The van der Waals surface area contributed by atoms with Gasteiger partial charge in [-0.25, -0.2) is 12.7 Å². The molecule has 200 valence electrons. The first-order chi connectivity index (χ1) is 17.5. The lowest BCUT2D eigenvalue weighted by Gasteiger charge is -2.31. The molecule has 37 heavy (non-hydrogen) atoms. The Balaban J connectivity index is 1.78. The van der Waals surface area contributed by atoms with Gasteiger partial charge in [-0.1, -0.05) is 62.2 Å². The molecule has 0 saturated heterocycles. The number of sulfonamides is 1. The van der Waals surface area contributed by atoms with Crippen molar-refractivity contribution in [3.05, 3.63) is 63.6 Å². The predicted molar refractivity (Wildman–Crippen MR) is 143 cm³/mol. The first-order valence-electron chi connectivity index (χ1n) is 12.1. The standard InChI is InChI=1S/C26H31Cl2N3O5S/c1-4-22(25(33)29-15-17(2)3)30(16-19-20(27)10-7-11-21(19)28)24(32)13-8-14-31-26(34)18-9-5-6-12-23(18)37(31,35)36/h5-7,9-12,17,22H,4,8,13-16H2,1-3H3,(H,29,33). The highest BCUT2D eigenvalue weighted by atomic mass is 35.5. The van der Waals surface area contributed by atoms with Gasteiger partial charge in [0.05, 0.1) is 5.56 Å². The van der Waals surface area contributed by atoms with Gasteiger partial charge in [-0.15, -0.1) is 0 Å². The molecular weight excluding hydrogens is 537 g/mol. The maximum absolute atomic E-state index is 13.5. The number of nitrogens with zero attached hydrogens (tertiary/aromatic N) is 2. The zero-order valence-corrected chi connectivity index (χ0v) is 23.4. The molecule has 1 unspecified atom stereocenters. The summed E-state index contributed by atoms with van der Waals surface area (Å²) in [4.78, 5) is 40.5. The Kier molecular flexibility index (Phi) is 9.61. The van der Waals surface area contributed by atoms with E-state index in [0.717, 1.165) is 4.31 Å². The van der Waals surface area contributed by atoms with Crippen molar-refractivity contribution in [2.24, 2.45) is 5.92 Å². The zero-order valence-electron chi connectivity index (χ0n) is 21.0. The fourth-order valence-corrected chi connectivity index (χ4v) is 6.29. The number of amides is 3. The molecule has 2 aromatic carbocycles. The van der Waals surface area contributed by atoms with E-state index >= 15 is 0 Å². The predicted octanol–water partition coefficient (Wildman–Crippen LogP) is 4.50. The Hall–Kier alpha value is -2.62. The van der Waals surface area contributed by atoms with E-state index in [9.17, 15) is 22.8 Å². The Morgan fingerprint density at radius 3 is 2.30 bits per heavy atom. The fraction of sp³-hybridized carbons (Fsp3) is 0.423. The largest absolute Gasteiger partial charge is 0.354 e. The number of hydrogen-bond acceptors (Lipinski definition) is 5. The average molecular weight is 569 g/mol. The van der Waals surface area contributed by atoms with Crippen LogP contribution in [0.5, 0.6) is 0 Å². The second-order valence-corrected chi connectivity index (χ2v) is 11.9. The van der Waals surface area contributed by atoms with Crippen LogP contribution in [0.2, 0.25) is 10.0 Å². The number of carbonyl (C=O) groups excluding carboxylic acids is 3. The lowest BCUT2D eigenvalue weighted by Crippen LogP contribution is -2.49. The normalized spacial score (nSPS) is 15.0. The third-order valence-electron chi connectivity index (χ3n) is 6.12. The van der Waals surface area contributed by atoms with Crippen LogP contribution in [-0.4, -0.2) is 54.5 Å². The summed E-state index contributed by atoms with van der Waals surface area (Å²) in [5, 5.41) is 3.62. The van der Waals surface area contributed by atoms with Gasteiger partial charge in [-0.05, 0) is 43.0 Å². The Bertz CT molecular complexity index is 1260.